The highest BCUT2D eigenvalue weighted by Crippen LogP contribution is 2.47. The number of rotatable bonds is 4. The van der Waals surface area contributed by atoms with Crippen LogP contribution in [-0.2, 0) is 4.79 Å². The summed E-state index contributed by atoms with van der Waals surface area (Å²) in [5.74, 6) is 0.358. The molecule has 0 aromatic carbocycles. The molecule has 2 aliphatic carbocycles. The number of hydrogen-bond donors (Lipinski definition) is 2. The van der Waals surface area contributed by atoms with Crippen LogP contribution in [0.5, 0.6) is 5.88 Å². The molecule has 2 aliphatic rings. The fourth-order valence-electron chi connectivity index (χ4n) is 4.96. The summed E-state index contributed by atoms with van der Waals surface area (Å²) in [7, 11) is 0. The minimum atomic E-state index is -0.747. The van der Waals surface area contributed by atoms with E-state index in [-0.39, 0.29) is 23.7 Å². The van der Waals surface area contributed by atoms with Crippen LogP contribution < -0.4 is 15.7 Å². The molecule has 1 aromatic heterocycles. The van der Waals surface area contributed by atoms with Crippen LogP contribution in [0.15, 0.2) is 4.79 Å². The first-order valence-electron chi connectivity index (χ1n) is 8.96. The molecule has 1 amide bonds. The summed E-state index contributed by atoms with van der Waals surface area (Å²) in [5.41, 5.74) is -0.840. The van der Waals surface area contributed by atoms with Crippen LogP contribution in [0.3, 0.4) is 0 Å². The molecule has 0 saturated heterocycles. The second-order valence-corrected chi connectivity index (χ2v) is 8.06. The third-order valence-corrected chi connectivity index (χ3v) is 5.39. The smallest absolute Gasteiger partial charge is 0.348 e. The maximum absolute atomic E-state index is 13.9. The number of carbonyl (C=O) groups excluding carboxylic acids is 1. The monoisotopic (exact) mass is 351 g/mol. The Balaban J connectivity index is 1.65. The van der Waals surface area contributed by atoms with Gasteiger partial charge < -0.3 is 15.0 Å². The standard InChI is InChI=1S/C18H26FN3O3/c1-10-4-13-5-11(2)7-18(6-10,8-13)22-14(23)9-25-16-15(19)12(3)20-17(24)21-16/h10-11,13H,4-9H2,1-3H3,(H,22,23)(H,20,21,24). The van der Waals surface area contributed by atoms with Crippen LogP contribution >= 0.6 is 0 Å². The summed E-state index contributed by atoms with van der Waals surface area (Å²) in [6.07, 6.45) is 5.38. The van der Waals surface area contributed by atoms with Gasteiger partial charge in [-0.05, 0) is 56.8 Å². The van der Waals surface area contributed by atoms with Crippen LogP contribution in [0.2, 0.25) is 0 Å². The third kappa shape index (κ3) is 4.02. The van der Waals surface area contributed by atoms with Crippen molar-refractivity contribution in [1.29, 1.82) is 0 Å². The van der Waals surface area contributed by atoms with Gasteiger partial charge in [-0.1, -0.05) is 13.8 Å². The Morgan fingerprint density at radius 3 is 2.60 bits per heavy atom. The van der Waals surface area contributed by atoms with Crippen molar-refractivity contribution < 1.29 is 13.9 Å². The molecule has 0 radical (unpaired) electrons. The number of ether oxygens (including phenoxy) is 1. The lowest BCUT2D eigenvalue weighted by molar-refractivity contribution is -0.127. The van der Waals surface area contributed by atoms with Gasteiger partial charge >= 0.3 is 5.69 Å². The quantitative estimate of drug-likeness (QED) is 0.872. The van der Waals surface area contributed by atoms with E-state index in [1.54, 1.807) is 0 Å². The van der Waals surface area contributed by atoms with Gasteiger partial charge in [0.15, 0.2) is 6.61 Å². The SMILES string of the molecule is Cc1[nH]c(=O)nc(OCC(=O)NC23CC(C)CC(CC(C)C2)C3)c1F. The Hall–Kier alpha value is -1.92. The number of aryl methyl sites for hydroxylation is 1. The predicted octanol–water partition coefficient (Wildman–Crippen LogP) is 2.32. The number of nitrogens with one attached hydrogen (secondary N) is 2. The summed E-state index contributed by atoms with van der Waals surface area (Å²) in [6, 6.07) is 0. The van der Waals surface area contributed by atoms with Crippen LogP contribution in [0, 0.1) is 30.5 Å². The number of aromatic nitrogens is 2. The van der Waals surface area contributed by atoms with Crippen molar-refractivity contribution in [2.24, 2.45) is 17.8 Å². The normalized spacial score (nSPS) is 31.4. The molecular formula is C18H26FN3O3. The average molecular weight is 351 g/mol. The zero-order chi connectivity index (χ0) is 18.2. The van der Waals surface area contributed by atoms with E-state index in [2.05, 4.69) is 29.1 Å². The molecule has 7 heteroatoms. The summed E-state index contributed by atoms with van der Waals surface area (Å²) >= 11 is 0. The Bertz CT molecular complexity index is 698. The van der Waals surface area contributed by atoms with Gasteiger partial charge in [-0.25, -0.2) is 4.79 Å². The summed E-state index contributed by atoms with van der Waals surface area (Å²) in [5, 5.41) is 3.14. The average Bonchev–Trinajstić information content (AvgIpc) is 2.47. The van der Waals surface area contributed by atoms with Crippen LogP contribution in [-0.4, -0.2) is 28.0 Å². The number of H-pyrrole nitrogens is 1. The number of carbonyl (C=O) groups is 1. The molecule has 2 saturated carbocycles. The van der Waals surface area contributed by atoms with E-state index in [0.29, 0.717) is 17.8 Å². The van der Waals surface area contributed by atoms with Crippen LogP contribution in [0.25, 0.3) is 0 Å². The highest BCUT2D eigenvalue weighted by atomic mass is 19.1. The molecule has 1 aromatic rings. The second kappa shape index (κ2) is 6.77. The third-order valence-electron chi connectivity index (χ3n) is 5.39. The summed E-state index contributed by atoms with van der Waals surface area (Å²) in [6.45, 7) is 5.54. The fraction of sp³-hybridized carbons (Fsp3) is 0.722. The van der Waals surface area contributed by atoms with Gasteiger partial charge in [-0.3, -0.25) is 4.79 Å². The Labute approximate surface area is 146 Å². The van der Waals surface area contributed by atoms with Gasteiger partial charge in [0, 0.05) is 5.54 Å². The maximum Gasteiger partial charge on any atom is 0.348 e. The maximum atomic E-state index is 13.9. The molecule has 2 atom stereocenters. The first-order valence-corrected chi connectivity index (χ1v) is 8.96. The first kappa shape index (κ1) is 17.9. The summed E-state index contributed by atoms with van der Waals surface area (Å²) in [4.78, 5) is 29.4. The van der Waals surface area contributed by atoms with Crippen molar-refractivity contribution in [2.45, 2.75) is 58.4 Å². The molecule has 2 unspecified atom stereocenters. The van der Waals surface area contributed by atoms with E-state index in [1.165, 1.54) is 19.8 Å². The Morgan fingerprint density at radius 1 is 1.32 bits per heavy atom. The van der Waals surface area contributed by atoms with Gasteiger partial charge in [0.05, 0.1) is 5.69 Å². The van der Waals surface area contributed by atoms with Crippen molar-refractivity contribution >= 4 is 5.91 Å². The van der Waals surface area contributed by atoms with Crippen molar-refractivity contribution in [3.05, 3.63) is 22.0 Å². The second-order valence-electron chi connectivity index (χ2n) is 8.06. The largest absolute Gasteiger partial charge is 0.465 e. The number of hydrogen-bond acceptors (Lipinski definition) is 4. The minimum Gasteiger partial charge on any atom is -0.465 e. The van der Waals surface area contributed by atoms with Gasteiger partial charge in [0.25, 0.3) is 11.8 Å². The van der Waals surface area contributed by atoms with Crippen LogP contribution in [0.4, 0.5) is 4.39 Å². The molecule has 1 heterocycles. The molecule has 3 rings (SSSR count). The van der Waals surface area contributed by atoms with Crippen molar-refractivity contribution in [1.82, 2.24) is 15.3 Å². The highest BCUT2D eigenvalue weighted by Gasteiger charge is 2.45. The zero-order valence-corrected chi connectivity index (χ0v) is 15.0. The lowest BCUT2D eigenvalue weighted by Gasteiger charge is -2.50. The molecule has 138 valence electrons. The fourth-order valence-corrected chi connectivity index (χ4v) is 4.96. The van der Waals surface area contributed by atoms with E-state index >= 15 is 0 Å². The van der Waals surface area contributed by atoms with Gasteiger partial charge in [-0.15, -0.1) is 0 Å². The van der Waals surface area contributed by atoms with Crippen molar-refractivity contribution in [3.8, 4) is 5.88 Å². The predicted molar refractivity (Wildman–Crippen MR) is 90.8 cm³/mol. The number of aromatic amines is 1. The molecule has 2 fully saturated rings. The van der Waals surface area contributed by atoms with E-state index in [0.717, 1.165) is 19.3 Å². The summed E-state index contributed by atoms with van der Waals surface area (Å²) < 4.78 is 19.1. The molecule has 25 heavy (non-hydrogen) atoms. The van der Waals surface area contributed by atoms with E-state index in [9.17, 15) is 14.0 Å². The first-order chi connectivity index (χ1) is 11.8. The van der Waals surface area contributed by atoms with E-state index < -0.39 is 17.4 Å². The van der Waals surface area contributed by atoms with Crippen molar-refractivity contribution in [3.63, 3.8) is 0 Å². The topological polar surface area (TPSA) is 84.1 Å². The van der Waals surface area contributed by atoms with Gasteiger partial charge in [0.1, 0.15) is 0 Å². The Morgan fingerprint density at radius 2 is 1.96 bits per heavy atom. The number of nitrogens with zero attached hydrogens (tertiary/aromatic N) is 1. The molecule has 2 bridgehead atoms. The molecule has 2 N–H and O–H groups in total. The van der Waals surface area contributed by atoms with E-state index in [1.807, 2.05) is 0 Å². The molecule has 0 spiro atoms. The van der Waals surface area contributed by atoms with E-state index in [4.69, 9.17) is 4.74 Å². The Kier molecular flexibility index (Phi) is 4.84. The molecule has 0 aliphatic heterocycles. The van der Waals surface area contributed by atoms with Crippen LogP contribution in [0.1, 0.15) is 51.6 Å². The lowest BCUT2D eigenvalue weighted by Crippen LogP contribution is -2.57. The van der Waals surface area contributed by atoms with Gasteiger partial charge in [-0.2, -0.15) is 9.37 Å². The highest BCUT2D eigenvalue weighted by molar-refractivity contribution is 5.78. The molecule has 6 nitrogen and oxygen atoms in total. The van der Waals surface area contributed by atoms with Gasteiger partial charge in [0.2, 0.25) is 5.82 Å². The molecular weight excluding hydrogens is 325 g/mol. The number of fused-ring (bicyclic) bond motifs is 2. The number of halogens is 1. The number of amides is 1. The van der Waals surface area contributed by atoms with Crippen molar-refractivity contribution in [2.75, 3.05) is 6.61 Å². The zero-order valence-electron chi connectivity index (χ0n) is 15.0. The minimum absolute atomic E-state index is 0.0408. The lowest BCUT2D eigenvalue weighted by atomic mass is 9.61.